The highest BCUT2D eigenvalue weighted by atomic mass is 16.5. The van der Waals surface area contributed by atoms with Gasteiger partial charge in [-0.25, -0.2) is 4.99 Å². The highest BCUT2D eigenvalue weighted by Crippen LogP contribution is 2.36. The van der Waals surface area contributed by atoms with Gasteiger partial charge in [-0.05, 0) is 19.5 Å². The van der Waals surface area contributed by atoms with Crippen molar-refractivity contribution in [2.24, 2.45) is 10.9 Å². The predicted molar refractivity (Wildman–Crippen MR) is 105 cm³/mol. The number of esters is 1. The summed E-state index contributed by atoms with van der Waals surface area (Å²) in [7, 11) is 1.57. The molecule has 1 N–H and O–H groups in total. The van der Waals surface area contributed by atoms with Crippen molar-refractivity contribution < 1.29 is 19.1 Å². The Bertz CT molecular complexity index is 743. The average Bonchev–Trinajstić information content (AvgIpc) is 2.73. The number of hydrogen-bond acceptors (Lipinski definition) is 7. The molecule has 1 aromatic carbocycles. The van der Waals surface area contributed by atoms with Gasteiger partial charge in [0, 0.05) is 31.7 Å². The summed E-state index contributed by atoms with van der Waals surface area (Å²) in [5.74, 6) is -0.906. The van der Waals surface area contributed by atoms with E-state index in [1.807, 2.05) is 18.2 Å². The quantitative estimate of drug-likeness (QED) is 0.599. The van der Waals surface area contributed by atoms with Crippen molar-refractivity contribution >= 4 is 17.8 Å². The molecule has 1 saturated heterocycles. The number of methoxy groups -OCH3 is 1. The maximum absolute atomic E-state index is 12.9. The monoisotopic (exact) mass is 388 g/mol. The normalized spacial score (nSPS) is 23.0. The molecule has 3 rings (SSSR count). The molecule has 2 heterocycles. The summed E-state index contributed by atoms with van der Waals surface area (Å²) in [6.07, 6.45) is 0. The van der Waals surface area contributed by atoms with Crippen LogP contribution < -0.4 is 10.1 Å². The zero-order valence-corrected chi connectivity index (χ0v) is 16.7. The Morgan fingerprint density at radius 1 is 1.21 bits per heavy atom. The van der Waals surface area contributed by atoms with Crippen LogP contribution >= 0.6 is 0 Å². The minimum Gasteiger partial charge on any atom is -0.496 e. The van der Waals surface area contributed by atoms with Crippen LogP contribution in [0.2, 0.25) is 0 Å². The fourth-order valence-corrected chi connectivity index (χ4v) is 3.63. The van der Waals surface area contributed by atoms with E-state index >= 15 is 0 Å². The Balaban J connectivity index is 1.95. The molecular formula is C20H28N4O4. The van der Waals surface area contributed by atoms with Crippen LogP contribution in [0.15, 0.2) is 29.3 Å². The number of benzene rings is 1. The minimum atomic E-state index is -1.04. The van der Waals surface area contributed by atoms with Gasteiger partial charge in [0.05, 0.1) is 13.7 Å². The Morgan fingerprint density at radius 2 is 1.93 bits per heavy atom. The number of guanidine groups is 1. The number of aliphatic imine (C=N–C) groups is 1. The lowest BCUT2D eigenvalue weighted by atomic mass is 9.90. The first-order valence-electron chi connectivity index (χ1n) is 9.74. The molecule has 1 amide bonds. The third-order valence-corrected chi connectivity index (χ3v) is 5.21. The van der Waals surface area contributed by atoms with Crippen molar-refractivity contribution in [2.45, 2.75) is 19.9 Å². The number of hydrogen-bond donors (Lipinski definition) is 1. The number of nitrogens with one attached hydrogen (secondary N) is 1. The van der Waals surface area contributed by atoms with Crippen molar-refractivity contribution in [2.75, 3.05) is 46.4 Å². The van der Waals surface area contributed by atoms with Crippen molar-refractivity contribution in [3.8, 4) is 5.75 Å². The highest BCUT2D eigenvalue weighted by molar-refractivity contribution is 6.08. The Morgan fingerprint density at radius 3 is 2.57 bits per heavy atom. The van der Waals surface area contributed by atoms with E-state index in [1.54, 1.807) is 20.1 Å². The van der Waals surface area contributed by atoms with E-state index in [-0.39, 0.29) is 6.61 Å². The Labute approximate surface area is 165 Å². The van der Waals surface area contributed by atoms with Crippen LogP contribution in [0.5, 0.6) is 5.75 Å². The van der Waals surface area contributed by atoms with E-state index in [1.165, 1.54) is 0 Å². The molecular weight excluding hydrogens is 360 g/mol. The predicted octanol–water partition coefficient (Wildman–Crippen LogP) is 1.04. The number of amides is 1. The van der Waals surface area contributed by atoms with Gasteiger partial charge < -0.3 is 19.3 Å². The molecule has 0 aliphatic carbocycles. The first kappa shape index (κ1) is 20.1. The smallest absolute Gasteiger partial charge is 0.321 e. The van der Waals surface area contributed by atoms with Crippen molar-refractivity contribution in [3.63, 3.8) is 0 Å². The second-order valence-corrected chi connectivity index (χ2v) is 6.78. The molecule has 0 aromatic heterocycles. The SMILES string of the molecule is CCOC(=O)[C@H]1C(=O)NC(N2CCN(CC)CC2)=N[C@@H]1c1ccccc1OC. The lowest BCUT2D eigenvalue weighted by Gasteiger charge is -2.38. The summed E-state index contributed by atoms with van der Waals surface area (Å²) in [5.41, 5.74) is 0.697. The highest BCUT2D eigenvalue weighted by Gasteiger charge is 2.43. The molecule has 0 unspecified atom stereocenters. The van der Waals surface area contributed by atoms with E-state index in [4.69, 9.17) is 14.5 Å². The average molecular weight is 388 g/mol. The van der Waals surface area contributed by atoms with Gasteiger partial charge in [-0.1, -0.05) is 25.1 Å². The molecule has 2 aliphatic heterocycles. The summed E-state index contributed by atoms with van der Waals surface area (Å²) in [4.78, 5) is 34.6. The lowest BCUT2D eigenvalue weighted by molar-refractivity contribution is -0.153. The summed E-state index contributed by atoms with van der Waals surface area (Å²) in [6.45, 7) is 8.43. The van der Waals surface area contributed by atoms with Gasteiger partial charge in [-0.3, -0.25) is 14.9 Å². The molecule has 152 valence electrons. The molecule has 28 heavy (non-hydrogen) atoms. The largest absolute Gasteiger partial charge is 0.496 e. The molecule has 8 heteroatoms. The topological polar surface area (TPSA) is 83.5 Å². The van der Waals surface area contributed by atoms with Crippen LogP contribution in [0.3, 0.4) is 0 Å². The number of piperazine rings is 1. The maximum Gasteiger partial charge on any atom is 0.321 e. The Kier molecular flexibility index (Phi) is 6.51. The maximum atomic E-state index is 12.9. The molecule has 1 aromatic rings. The summed E-state index contributed by atoms with van der Waals surface area (Å²) >= 11 is 0. The summed E-state index contributed by atoms with van der Waals surface area (Å²) in [5, 5.41) is 2.82. The number of nitrogens with zero attached hydrogens (tertiary/aromatic N) is 3. The molecule has 0 spiro atoms. The number of rotatable bonds is 5. The van der Waals surface area contributed by atoms with E-state index in [2.05, 4.69) is 22.0 Å². The first-order chi connectivity index (χ1) is 13.6. The van der Waals surface area contributed by atoms with Crippen molar-refractivity contribution in [1.29, 1.82) is 0 Å². The molecule has 0 saturated carbocycles. The van der Waals surface area contributed by atoms with Gasteiger partial charge in [-0.15, -0.1) is 0 Å². The van der Waals surface area contributed by atoms with E-state index < -0.39 is 23.8 Å². The minimum absolute atomic E-state index is 0.205. The third kappa shape index (κ3) is 4.11. The summed E-state index contributed by atoms with van der Waals surface area (Å²) < 4.78 is 10.6. The second kappa shape index (κ2) is 9.05. The van der Waals surface area contributed by atoms with Gasteiger partial charge in [-0.2, -0.15) is 0 Å². The van der Waals surface area contributed by atoms with Gasteiger partial charge in [0.2, 0.25) is 11.9 Å². The number of likely N-dealkylation sites (N-methyl/N-ethyl adjacent to an activating group) is 1. The second-order valence-electron chi connectivity index (χ2n) is 6.78. The van der Waals surface area contributed by atoms with Gasteiger partial charge in [0.1, 0.15) is 11.8 Å². The fourth-order valence-electron chi connectivity index (χ4n) is 3.63. The van der Waals surface area contributed by atoms with Crippen LogP contribution in [0.25, 0.3) is 0 Å². The zero-order chi connectivity index (χ0) is 20.1. The van der Waals surface area contributed by atoms with Crippen molar-refractivity contribution in [3.05, 3.63) is 29.8 Å². The van der Waals surface area contributed by atoms with E-state index in [0.29, 0.717) is 17.3 Å². The number of para-hydroxylation sites is 1. The summed E-state index contributed by atoms with van der Waals surface area (Å²) in [6, 6.07) is 6.65. The van der Waals surface area contributed by atoms with Crippen molar-refractivity contribution in [1.82, 2.24) is 15.1 Å². The third-order valence-electron chi connectivity index (χ3n) is 5.21. The van der Waals surface area contributed by atoms with E-state index in [9.17, 15) is 9.59 Å². The van der Waals surface area contributed by atoms with Crippen LogP contribution in [0.4, 0.5) is 0 Å². The van der Waals surface area contributed by atoms with E-state index in [0.717, 1.165) is 32.7 Å². The Hall–Kier alpha value is -2.61. The number of ether oxygens (including phenoxy) is 2. The molecule has 1 fully saturated rings. The molecule has 8 nitrogen and oxygen atoms in total. The first-order valence-corrected chi connectivity index (χ1v) is 9.74. The van der Waals surface area contributed by atoms with Crippen LogP contribution in [-0.2, 0) is 14.3 Å². The molecule has 0 bridgehead atoms. The standard InChI is InChI=1S/C20H28N4O4/c1-4-23-10-12-24(13-11-23)20-21-17(14-8-6-7-9-15(14)27-3)16(18(25)22-20)19(26)28-5-2/h6-9,16-17H,4-5,10-13H2,1-3H3,(H,21,22,25)/t16-,17-/m1/s1. The molecule has 2 atom stereocenters. The molecule has 0 radical (unpaired) electrons. The fraction of sp³-hybridized carbons (Fsp3) is 0.550. The van der Waals surface area contributed by atoms with Crippen LogP contribution in [-0.4, -0.2) is 74.1 Å². The van der Waals surface area contributed by atoms with Gasteiger partial charge in [0.25, 0.3) is 0 Å². The van der Waals surface area contributed by atoms with Gasteiger partial charge >= 0.3 is 5.97 Å². The zero-order valence-electron chi connectivity index (χ0n) is 16.7. The molecule has 2 aliphatic rings. The van der Waals surface area contributed by atoms with Gasteiger partial charge in [0.15, 0.2) is 5.92 Å². The van der Waals surface area contributed by atoms with Crippen LogP contribution in [0.1, 0.15) is 25.5 Å². The number of carbonyl (C=O) groups excluding carboxylic acids is 2. The lowest BCUT2D eigenvalue weighted by Crippen LogP contribution is -2.57. The van der Waals surface area contributed by atoms with Crippen LogP contribution in [0, 0.1) is 5.92 Å². The number of carbonyl (C=O) groups is 2.